The van der Waals surface area contributed by atoms with Gasteiger partial charge in [-0.2, -0.15) is 0 Å². The van der Waals surface area contributed by atoms with Gasteiger partial charge >= 0.3 is 0 Å². The van der Waals surface area contributed by atoms with Crippen LogP contribution in [0.15, 0.2) is 0 Å². The Morgan fingerprint density at radius 3 is 2.00 bits per heavy atom. The van der Waals surface area contributed by atoms with E-state index in [2.05, 4.69) is 20.8 Å². The Balaban J connectivity index is 2.22. The molecule has 2 heterocycles. The van der Waals surface area contributed by atoms with E-state index in [-0.39, 0.29) is 0 Å². The summed E-state index contributed by atoms with van der Waals surface area (Å²) >= 11 is 0. The number of nitrogens with zero attached hydrogens (tertiary/aromatic N) is 1. The first-order chi connectivity index (χ1) is 5.67. The molecule has 0 aliphatic carbocycles. The molecule has 0 aromatic heterocycles. The highest BCUT2D eigenvalue weighted by atomic mass is 15.4. The summed E-state index contributed by atoms with van der Waals surface area (Å²) in [5.74, 6) is 0.957. The van der Waals surface area contributed by atoms with E-state index in [1.165, 1.54) is 36.8 Å². The minimum atomic E-state index is 0.933. The Labute approximate surface area is 76.3 Å². The van der Waals surface area contributed by atoms with Crippen molar-refractivity contribution in [1.82, 2.24) is 0 Å². The molecular weight excluding hydrogens is 146 g/mol. The lowest BCUT2D eigenvalue weighted by Crippen LogP contribution is -2.53. The van der Waals surface area contributed by atoms with Crippen LogP contribution < -0.4 is 0 Å². The predicted octanol–water partition coefficient (Wildman–Crippen LogP) is 2.41. The van der Waals surface area contributed by atoms with Crippen LogP contribution in [0.1, 0.15) is 40.0 Å². The molecule has 1 nitrogen and oxygen atoms in total. The van der Waals surface area contributed by atoms with E-state index in [1.54, 1.807) is 0 Å². The third-order valence-corrected chi connectivity index (χ3v) is 4.62. The lowest BCUT2D eigenvalue weighted by molar-refractivity contribution is -0.948. The van der Waals surface area contributed by atoms with Crippen molar-refractivity contribution in [3.8, 4) is 0 Å². The summed E-state index contributed by atoms with van der Waals surface area (Å²) < 4.78 is 1.46. The number of quaternary nitrogens is 1. The maximum atomic E-state index is 2.47. The largest absolute Gasteiger partial charge is 0.319 e. The average Bonchev–Trinajstić information content (AvgIpc) is 2.57. The molecule has 3 unspecified atom stereocenters. The summed E-state index contributed by atoms with van der Waals surface area (Å²) in [5, 5.41) is 0. The number of rotatable bonds is 0. The van der Waals surface area contributed by atoms with Gasteiger partial charge in [-0.05, 0) is 13.8 Å². The van der Waals surface area contributed by atoms with Crippen LogP contribution >= 0.6 is 0 Å². The van der Waals surface area contributed by atoms with E-state index in [0.29, 0.717) is 0 Å². The Morgan fingerprint density at radius 1 is 1.00 bits per heavy atom. The highest BCUT2D eigenvalue weighted by molar-refractivity contribution is 4.79. The van der Waals surface area contributed by atoms with Crippen LogP contribution in [-0.2, 0) is 0 Å². The van der Waals surface area contributed by atoms with Gasteiger partial charge in [0.25, 0.3) is 0 Å². The zero-order valence-electron chi connectivity index (χ0n) is 8.71. The second-order valence-electron chi connectivity index (χ2n) is 5.06. The molecule has 2 saturated heterocycles. The minimum Gasteiger partial charge on any atom is -0.319 e. The van der Waals surface area contributed by atoms with Crippen molar-refractivity contribution in [1.29, 1.82) is 0 Å². The fourth-order valence-corrected chi connectivity index (χ4v) is 3.63. The first-order valence-electron chi connectivity index (χ1n) is 5.53. The van der Waals surface area contributed by atoms with Crippen molar-refractivity contribution in [2.24, 2.45) is 5.92 Å². The molecule has 2 fully saturated rings. The molecule has 0 saturated carbocycles. The Kier molecular flexibility index (Phi) is 1.95. The third kappa shape index (κ3) is 0.953. The maximum absolute atomic E-state index is 2.47. The van der Waals surface area contributed by atoms with Gasteiger partial charge in [0.15, 0.2) is 0 Å². The van der Waals surface area contributed by atoms with E-state index < -0.39 is 0 Å². The minimum absolute atomic E-state index is 0.933. The zero-order valence-corrected chi connectivity index (χ0v) is 8.71. The molecule has 3 atom stereocenters. The predicted molar refractivity (Wildman–Crippen MR) is 51.9 cm³/mol. The van der Waals surface area contributed by atoms with Gasteiger partial charge in [0.2, 0.25) is 0 Å². The van der Waals surface area contributed by atoms with Crippen molar-refractivity contribution < 1.29 is 4.48 Å². The van der Waals surface area contributed by atoms with Crippen LogP contribution in [-0.4, -0.2) is 29.7 Å². The molecule has 70 valence electrons. The molecule has 1 heteroatoms. The van der Waals surface area contributed by atoms with Crippen molar-refractivity contribution >= 4 is 0 Å². The van der Waals surface area contributed by atoms with E-state index in [1.807, 2.05) is 0 Å². The van der Waals surface area contributed by atoms with Gasteiger partial charge in [-0.3, -0.25) is 0 Å². The Hall–Kier alpha value is -0.0400. The van der Waals surface area contributed by atoms with Gasteiger partial charge in [0.1, 0.15) is 0 Å². The van der Waals surface area contributed by atoms with Crippen LogP contribution in [0.3, 0.4) is 0 Å². The third-order valence-electron chi connectivity index (χ3n) is 4.62. The summed E-state index contributed by atoms with van der Waals surface area (Å²) in [6, 6.07) is 1.87. The maximum Gasteiger partial charge on any atom is 0.0891 e. The molecule has 2 rings (SSSR count). The molecule has 2 aliphatic rings. The average molecular weight is 168 g/mol. The lowest BCUT2D eigenvalue weighted by Gasteiger charge is -2.39. The standard InChI is InChI=1S/C11H22N/c1-9-8-10(2)12(11(9)3)6-4-5-7-12/h9-11H,4-8H2,1-3H3/q+1. The van der Waals surface area contributed by atoms with Crippen molar-refractivity contribution in [2.45, 2.75) is 52.1 Å². The normalized spacial score (nSPS) is 45.8. The van der Waals surface area contributed by atoms with E-state index in [4.69, 9.17) is 0 Å². The highest BCUT2D eigenvalue weighted by Gasteiger charge is 2.49. The second-order valence-corrected chi connectivity index (χ2v) is 5.06. The Bertz CT molecular complexity index is 170. The molecule has 0 N–H and O–H groups in total. The Morgan fingerprint density at radius 2 is 1.58 bits per heavy atom. The number of hydrogen-bond acceptors (Lipinski definition) is 0. The topological polar surface area (TPSA) is 0 Å². The fourth-order valence-electron chi connectivity index (χ4n) is 3.63. The van der Waals surface area contributed by atoms with Crippen LogP contribution in [0.2, 0.25) is 0 Å². The summed E-state index contributed by atoms with van der Waals surface area (Å²) in [7, 11) is 0. The molecule has 0 aromatic carbocycles. The molecule has 0 bridgehead atoms. The fraction of sp³-hybridized carbons (Fsp3) is 1.00. The van der Waals surface area contributed by atoms with Gasteiger partial charge in [0.05, 0.1) is 25.2 Å². The SMILES string of the molecule is CC1CC(C)[N+]2(CCCC2)C1C. The molecule has 0 aromatic rings. The number of hydrogen-bond donors (Lipinski definition) is 0. The van der Waals surface area contributed by atoms with Crippen LogP contribution in [0, 0.1) is 5.92 Å². The van der Waals surface area contributed by atoms with E-state index >= 15 is 0 Å². The smallest absolute Gasteiger partial charge is 0.0891 e. The summed E-state index contributed by atoms with van der Waals surface area (Å²) in [4.78, 5) is 0. The first-order valence-corrected chi connectivity index (χ1v) is 5.53. The monoisotopic (exact) mass is 168 g/mol. The summed E-state index contributed by atoms with van der Waals surface area (Å²) in [6.45, 7) is 10.3. The van der Waals surface area contributed by atoms with Gasteiger partial charge in [-0.25, -0.2) is 0 Å². The van der Waals surface area contributed by atoms with Gasteiger partial charge in [-0.1, -0.05) is 6.92 Å². The molecule has 0 radical (unpaired) electrons. The molecule has 0 amide bonds. The van der Waals surface area contributed by atoms with Crippen LogP contribution in [0.5, 0.6) is 0 Å². The summed E-state index contributed by atoms with van der Waals surface area (Å²) in [5.41, 5.74) is 0. The van der Waals surface area contributed by atoms with Crippen molar-refractivity contribution in [3.05, 3.63) is 0 Å². The molecule has 12 heavy (non-hydrogen) atoms. The quantitative estimate of drug-likeness (QED) is 0.487. The summed E-state index contributed by atoms with van der Waals surface area (Å²) in [6.07, 6.45) is 4.41. The molecule has 1 spiro atoms. The highest BCUT2D eigenvalue weighted by Crippen LogP contribution is 2.40. The molecule has 2 aliphatic heterocycles. The van der Waals surface area contributed by atoms with E-state index in [9.17, 15) is 0 Å². The van der Waals surface area contributed by atoms with Crippen LogP contribution in [0.4, 0.5) is 0 Å². The second kappa shape index (κ2) is 2.73. The molecular formula is C11H22N+. The van der Waals surface area contributed by atoms with Crippen molar-refractivity contribution in [2.75, 3.05) is 13.1 Å². The zero-order chi connectivity index (χ0) is 8.77. The van der Waals surface area contributed by atoms with Gasteiger partial charge in [0, 0.05) is 25.2 Å². The lowest BCUT2D eigenvalue weighted by atomic mass is 10.0. The van der Waals surface area contributed by atoms with Gasteiger partial charge in [-0.15, -0.1) is 0 Å². The van der Waals surface area contributed by atoms with E-state index in [0.717, 1.165) is 18.0 Å². The van der Waals surface area contributed by atoms with Crippen LogP contribution in [0.25, 0.3) is 0 Å². The van der Waals surface area contributed by atoms with Crippen molar-refractivity contribution in [3.63, 3.8) is 0 Å². The van der Waals surface area contributed by atoms with Gasteiger partial charge < -0.3 is 4.48 Å². The first kappa shape index (κ1) is 8.55.